The maximum atomic E-state index is 12.9. The molecule has 2 heterocycles. The Labute approximate surface area is 185 Å². The molecule has 0 amide bonds. The third kappa shape index (κ3) is 3.60. The number of aromatic amines is 1. The van der Waals surface area contributed by atoms with E-state index in [0.717, 1.165) is 45.1 Å². The zero-order chi connectivity index (χ0) is 22.1. The van der Waals surface area contributed by atoms with Crippen LogP contribution >= 0.6 is 0 Å². The quantitative estimate of drug-likeness (QED) is 0.444. The molecule has 0 unspecified atom stereocenters. The Morgan fingerprint density at radius 1 is 0.906 bits per heavy atom. The maximum absolute atomic E-state index is 12.9. The Morgan fingerprint density at radius 2 is 1.66 bits per heavy atom. The molecule has 0 aliphatic heterocycles. The van der Waals surface area contributed by atoms with Crippen molar-refractivity contribution < 1.29 is 0 Å². The number of fused-ring (bicyclic) bond motifs is 1. The second kappa shape index (κ2) is 8.23. The van der Waals surface area contributed by atoms with Crippen LogP contribution < -0.4 is 5.56 Å². The highest BCUT2D eigenvalue weighted by Gasteiger charge is 2.11. The van der Waals surface area contributed by atoms with Crippen molar-refractivity contribution in [3.05, 3.63) is 99.8 Å². The van der Waals surface area contributed by atoms with E-state index in [1.807, 2.05) is 29.7 Å². The molecule has 6 nitrogen and oxygen atoms in total. The van der Waals surface area contributed by atoms with Crippen molar-refractivity contribution in [1.82, 2.24) is 25.2 Å². The summed E-state index contributed by atoms with van der Waals surface area (Å²) in [5.41, 5.74) is 7.37. The molecule has 0 aliphatic rings. The van der Waals surface area contributed by atoms with Gasteiger partial charge in [-0.25, -0.2) is 5.10 Å². The van der Waals surface area contributed by atoms with Crippen LogP contribution in [-0.2, 0) is 13.0 Å². The molecule has 0 aliphatic carbocycles. The molecule has 0 saturated carbocycles. The Balaban J connectivity index is 1.52. The van der Waals surface area contributed by atoms with E-state index in [0.29, 0.717) is 12.4 Å². The van der Waals surface area contributed by atoms with Gasteiger partial charge < -0.3 is 4.57 Å². The zero-order valence-corrected chi connectivity index (χ0v) is 18.0. The minimum absolute atomic E-state index is 0.0236. The summed E-state index contributed by atoms with van der Waals surface area (Å²) in [6, 6.07) is 24.5. The number of nitrogens with zero attached hydrogens (tertiary/aromatic N) is 4. The van der Waals surface area contributed by atoms with Crippen LogP contribution in [0.2, 0.25) is 0 Å². The van der Waals surface area contributed by atoms with Gasteiger partial charge in [-0.3, -0.25) is 4.79 Å². The number of rotatable bonds is 5. The highest BCUT2D eigenvalue weighted by atomic mass is 16.1. The number of nitrogens with one attached hydrogen (secondary N) is 1. The fourth-order valence-corrected chi connectivity index (χ4v) is 4.16. The summed E-state index contributed by atoms with van der Waals surface area (Å²) in [5, 5.41) is 15.4. The summed E-state index contributed by atoms with van der Waals surface area (Å²) in [7, 11) is 0. The molecular weight excluding hydrogens is 398 g/mol. The summed E-state index contributed by atoms with van der Waals surface area (Å²) in [6.45, 7) is 4.65. The lowest BCUT2D eigenvalue weighted by Gasteiger charge is -2.14. The van der Waals surface area contributed by atoms with Crippen LogP contribution in [0.15, 0.2) is 77.6 Å². The first-order chi connectivity index (χ1) is 15.6. The standard InChI is InChI=1S/C26H23N5O/c1-3-18-10-13-21-17(2)14-25(32)31(24(21)15-18)16-19-8-11-20(12-9-19)22-6-4-5-7-23(22)26-27-29-30-28-26/h4-15H,3,16H2,1-2H3,(H,27,28,29,30). The molecule has 3 aromatic carbocycles. The van der Waals surface area contributed by atoms with Gasteiger partial charge in [0.2, 0.25) is 0 Å². The van der Waals surface area contributed by atoms with Crippen molar-refractivity contribution in [3.63, 3.8) is 0 Å². The number of benzene rings is 3. The minimum atomic E-state index is 0.0236. The highest BCUT2D eigenvalue weighted by Crippen LogP contribution is 2.30. The molecule has 0 fully saturated rings. The summed E-state index contributed by atoms with van der Waals surface area (Å²) >= 11 is 0. The van der Waals surface area contributed by atoms with Crippen molar-refractivity contribution in [3.8, 4) is 22.5 Å². The van der Waals surface area contributed by atoms with Crippen molar-refractivity contribution in [2.24, 2.45) is 0 Å². The van der Waals surface area contributed by atoms with Gasteiger partial charge in [0.15, 0.2) is 5.82 Å². The first kappa shape index (κ1) is 19.9. The zero-order valence-electron chi connectivity index (χ0n) is 18.0. The SMILES string of the molecule is CCc1ccc2c(C)cc(=O)n(Cc3ccc(-c4ccccc4-c4nnn[nH]4)cc3)c2c1. The second-order valence-corrected chi connectivity index (χ2v) is 7.95. The average Bonchev–Trinajstić information content (AvgIpc) is 3.37. The van der Waals surface area contributed by atoms with Gasteiger partial charge in [0.05, 0.1) is 12.1 Å². The highest BCUT2D eigenvalue weighted by molar-refractivity contribution is 5.83. The van der Waals surface area contributed by atoms with Crippen molar-refractivity contribution in [2.75, 3.05) is 0 Å². The van der Waals surface area contributed by atoms with Gasteiger partial charge in [-0.05, 0) is 57.7 Å². The molecule has 1 N–H and O–H groups in total. The molecule has 5 aromatic rings. The minimum Gasteiger partial charge on any atom is -0.304 e. The molecule has 0 spiro atoms. The molecule has 5 rings (SSSR count). The predicted molar refractivity (Wildman–Crippen MR) is 126 cm³/mol. The third-order valence-corrected chi connectivity index (χ3v) is 5.93. The fraction of sp³-hybridized carbons (Fsp3) is 0.154. The van der Waals surface area contributed by atoms with E-state index in [-0.39, 0.29) is 5.56 Å². The topological polar surface area (TPSA) is 76.5 Å². The van der Waals surface area contributed by atoms with Gasteiger partial charge >= 0.3 is 0 Å². The lowest BCUT2D eigenvalue weighted by molar-refractivity contribution is 0.792. The predicted octanol–water partition coefficient (Wildman–Crippen LogP) is 4.77. The molecule has 158 valence electrons. The maximum Gasteiger partial charge on any atom is 0.251 e. The Kier molecular flexibility index (Phi) is 5.11. The molecule has 32 heavy (non-hydrogen) atoms. The summed E-state index contributed by atoms with van der Waals surface area (Å²) in [4.78, 5) is 12.9. The Hall–Kier alpha value is -4.06. The van der Waals surface area contributed by atoms with Gasteiger partial charge in [-0.2, -0.15) is 0 Å². The summed E-state index contributed by atoms with van der Waals surface area (Å²) in [6.07, 6.45) is 0.937. The van der Waals surface area contributed by atoms with Gasteiger partial charge in [0.1, 0.15) is 0 Å². The normalized spacial score (nSPS) is 11.2. The number of aryl methyl sites for hydroxylation is 2. The molecule has 6 heteroatoms. The Bertz CT molecular complexity index is 1450. The summed E-state index contributed by atoms with van der Waals surface area (Å²) in [5.74, 6) is 0.633. The monoisotopic (exact) mass is 421 g/mol. The van der Waals surface area contributed by atoms with E-state index < -0.39 is 0 Å². The molecule has 0 bridgehead atoms. The van der Waals surface area contributed by atoms with Crippen molar-refractivity contribution in [2.45, 2.75) is 26.8 Å². The van der Waals surface area contributed by atoms with E-state index in [2.05, 4.69) is 76.1 Å². The van der Waals surface area contributed by atoms with E-state index in [9.17, 15) is 4.79 Å². The molecular formula is C26H23N5O. The molecule has 0 radical (unpaired) electrons. The van der Waals surface area contributed by atoms with Crippen LogP contribution in [0.1, 0.15) is 23.6 Å². The van der Waals surface area contributed by atoms with E-state index in [1.165, 1.54) is 5.56 Å². The van der Waals surface area contributed by atoms with Crippen LogP contribution in [-0.4, -0.2) is 25.2 Å². The largest absolute Gasteiger partial charge is 0.304 e. The van der Waals surface area contributed by atoms with Gasteiger partial charge in [-0.15, -0.1) is 5.10 Å². The Morgan fingerprint density at radius 3 is 2.38 bits per heavy atom. The van der Waals surface area contributed by atoms with Crippen molar-refractivity contribution in [1.29, 1.82) is 0 Å². The van der Waals surface area contributed by atoms with Gasteiger partial charge in [-0.1, -0.05) is 67.6 Å². The van der Waals surface area contributed by atoms with E-state index >= 15 is 0 Å². The van der Waals surface area contributed by atoms with Crippen molar-refractivity contribution >= 4 is 10.9 Å². The van der Waals surface area contributed by atoms with E-state index in [1.54, 1.807) is 6.07 Å². The van der Waals surface area contributed by atoms with Crippen LogP contribution in [0.4, 0.5) is 0 Å². The molecule has 2 aromatic heterocycles. The first-order valence-electron chi connectivity index (χ1n) is 10.7. The van der Waals surface area contributed by atoms with Crippen LogP contribution in [0.5, 0.6) is 0 Å². The van der Waals surface area contributed by atoms with E-state index in [4.69, 9.17) is 0 Å². The second-order valence-electron chi connectivity index (χ2n) is 7.95. The number of tetrazole rings is 1. The van der Waals surface area contributed by atoms with Crippen LogP contribution in [0, 0.1) is 6.92 Å². The third-order valence-electron chi connectivity index (χ3n) is 5.93. The smallest absolute Gasteiger partial charge is 0.251 e. The lowest BCUT2D eigenvalue weighted by Crippen LogP contribution is -2.21. The summed E-state index contributed by atoms with van der Waals surface area (Å²) < 4.78 is 1.87. The fourth-order valence-electron chi connectivity index (χ4n) is 4.16. The number of hydrogen-bond donors (Lipinski definition) is 1. The molecule has 0 saturated heterocycles. The number of aromatic nitrogens is 5. The number of pyridine rings is 1. The first-order valence-corrected chi connectivity index (χ1v) is 10.7. The number of hydrogen-bond acceptors (Lipinski definition) is 4. The van der Waals surface area contributed by atoms with Crippen LogP contribution in [0.3, 0.4) is 0 Å². The number of H-pyrrole nitrogens is 1. The van der Waals surface area contributed by atoms with Gasteiger partial charge in [0.25, 0.3) is 5.56 Å². The average molecular weight is 422 g/mol. The lowest BCUT2D eigenvalue weighted by atomic mass is 9.98. The van der Waals surface area contributed by atoms with Crippen LogP contribution in [0.25, 0.3) is 33.4 Å². The molecule has 0 atom stereocenters. The van der Waals surface area contributed by atoms with Gasteiger partial charge in [0, 0.05) is 17.0 Å².